The zero-order valence-corrected chi connectivity index (χ0v) is 9.97. The molecule has 0 aromatic heterocycles. The lowest BCUT2D eigenvalue weighted by Crippen LogP contribution is -2.55. The summed E-state index contributed by atoms with van der Waals surface area (Å²) in [4.78, 5) is 23.1. The Hall–Kier alpha value is -1.13. The van der Waals surface area contributed by atoms with Gasteiger partial charge in [-0.2, -0.15) is 0 Å². The standard InChI is InChI=1S/C11H14ClNO3/c1-4-10(2,3)6(14)5-11(16)8(13)7(12)9(11)15/h4,16H,1,5,13H2,2-3H3. The Kier molecular flexibility index (Phi) is 3.00. The highest BCUT2D eigenvalue weighted by Gasteiger charge is 2.53. The zero-order valence-electron chi connectivity index (χ0n) is 9.21. The summed E-state index contributed by atoms with van der Waals surface area (Å²) in [5, 5.41) is 9.69. The molecule has 1 atom stereocenters. The molecule has 0 radical (unpaired) electrons. The van der Waals surface area contributed by atoms with E-state index >= 15 is 0 Å². The first-order valence-corrected chi connectivity index (χ1v) is 5.14. The highest BCUT2D eigenvalue weighted by molar-refractivity contribution is 6.48. The van der Waals surface area contributed by atoms with Gasteiger partial charge in [-0.15, -0.1) is 6.58 Å². The predicted octanol–water partition coefficient (Wildman–Crippen LogP) is 0.881. The van der Waals surface area contributed by atoms with E-state index in [0.717, 1.165) is 0 Å². The van der Waals surface area contributed by atoms with Gasteiger partial charge in [0.25, 0.3) is 0 Å². The number of carbonyl (C=O) groups excluding carboxylic acids is 2. The average molecular weight is 244 g/mol. The molecule has 3 N–H and O–H groups in total. The highest BCUT2D eigenvalue weighted by atomic mass is 35.5. The summed E-state index contributed by atoms with van der Waals surface area (Å²) < 4.78 is 0. The maximum absolute atomic E-state index is 11.8. The van der Waals surface area contributed by atoms with Crippen LogP contribution in [0.25, 0.3) is 0 Å². The van der Waals surface area contributed by atoms with Crippen molar-refractivity contribution >= 4 is 23.2 Å². The monoisotopic (exact) mass is 243 g/mol. The Balaban J connectivity index is 2.90. The summed E-state index contributed by atoms with van der Waals surface area (Å²) in [7, 11) is 0. The summed E-state index contributed by atoms with van der Waals surface area (Å²) >= 11 is 5.48. The first kappa shape index (κ1) is 12.9. The molecule has 1 rings (SSSR count). The van der Waals surface area contributed by atoms with Crippen LogP contribution in [0.4, 0.5) is 0 Å². The Labute approximate surface area is 98.8 Å². The molecule has 0 heterocycles. The van der Waals surface area contributed by atoms with Crippen molar-refractivity contribution < 1.29 is 14.7 Å². The third-order valence-corrected chi connectivity index (χ3v) is 3.28. The number of halogens is 1. The van der Waals surface area contributed by atoms with Crippen LogP contribution in [0.1, 0.15) is 20.3 Å². The van der Waals surface area contributed by atoms with Crippen molar-refractivity contribution in [1.82, 2.24) is 0 Å². The fourth-order valence-electron chi connectivity index (χ4n) is 1.29. The van der Waals surface area contributed by atoms with E-state index in [4.69, 9.17) is 17.3 Å². The van der Waals surface area contributed by atoms with Crippen LogP contribution >= 0.6 is 11.6 Å². The van der Waals surface area contributed by atoms with Crippen LogP contribution < -0.4 is 5.73 Å². The largest absolute Gasteiger partial charge is 0.398 e. The molecule has 1 aliphatic rings. The number of allylic oxidation sites excluding steroid dienone is 1. The van der Waals surface area contributed by atoms with E-state index < -0.39 is 16.8 Å². The number of carbonyl (C=O) groups is 2. The number of nitrogens with two attached hydrogens (primary N) is 1. The molecule has 0 aromatic carbocycles. The van der Waals surface area contributed by atoms with Gasteiger partial charge in [-0.3, -0.25) is 9.59 Å². The van der Waals surface area contributed by atoms with Gasteiger partial charge in [0, 0.05) is 11.8 Å². The maximum Gasteiger partial charge on any atom is 0.214 e. The second kappa shape index (κ2) is 3.71. The van der Waals surface area contributed by atoms with Crippen LogP contribution in [-0.4, -0.2) is 22.3 Å². The smallest absolute Gasteiger partial charge is 0.214 e. The van der Waals surface area contributed by atoms with E-state index in [1.54, 1.807) is 13.8 Å². The molecule has 1 unspecified atom stereocenters. The van der Waals surface area contributed by atoms with Gasteiger partial charge < -0.3 is 10.8 Å². The number of rotatable bonds is 4. The molecular formula is C11H14ClNO3. The number of ketones is 2. The van der Waals surface area contributed by atoms with Crippen molar-refractivity contribution in [3.05, 3.63) is 23.4 Å². The van der Waals surface area contributed by atoms with Gasteiger partial charge in [0.05, 0.1) is 5.70 Å². The summed E-state index contributed by atoms with van der Waals surface area (Å²) in [6.45, 7) is 6.82. The molecule has 1 aliphatic carbocycles. The van der Waals surface area contributed by atoms with Gasteiger partial charge in [0.15, 0.2) is 5.60 Å². The van der Waals surface area contributed by atoms with Gasteiger partial charge in [-0.25, -0.2) is 0 Å². The molecule has 0 aliphatic heterocycles. The Bertz CT molecular complexity index is 411. The van der Waals surface area contributed by atoms with Crippen LogP contribution in [0.2, 0.25) is 0 Å². The number of Topliss-reactive ketones (excluding diaryl/α,β-unsaturated/α-hetero) is 2. The van der Waals surface area contributed by atoms with Crippen LogP contribution in [0, 0.1) is 5.41 Å². The van der Waals surface area contributed by atoms with E-state index in [1.165, 1.54) is 6.08 Å². The lowest BCUT2D eigenvalue weighted by Gasteiger charge is -2.36. The van der Waals surface area contributed by atoms with Crippen molar-refractivity contribution in [3.8, 4) is 0 Å². The van der Waals surface area contributed by atoms with E-state index in [1.807, 2.05) is 0 Å². The Morgan fingerprint density at radius 1 is 1.69 bits per heavy atom. The van der Waals surface area contributed by atoms with Crippen molar-refractivity contribution in [2.75, 3.05) is 0 Å². The fourth-order valence-corrected chi connectivity index (χ4v) is 1.61. The SMILES string of the molecule is C=CC(C)(C)C(=O)CC1(O)C(=O)C(Cl)=C1N. The highest BCUT2D eigenvalue weighted by Crippen LogP contribution is 2.38. The molecule has 0 fully saturated rings. The van der Waals surface area contributed by atoms with E-state index in [9.17, 15) is 14.7 Å². The maximum atomic E-state index is 11.8. The van der Waals surface area contributed by atoms with E-state index in [-0.39, 0.29) is 22.9 Å². The summed E-state index contributed by atoms with van der Waals surface area (Å²) in [6, 6.07) is 0. The fraction of sp³-hybridized carbons (Fsp3) is 0.455. The minimum absolute atomic E-state index is 0.132. The topological polar surface area (TPSA) is 80.4 Å². The van der Waals surface area contributed by atoms with E-state index in [2.05, 4.69) is 6.58 Å². The second-order valence-corrected chi connectivity index (χ2v) is 4.82. The molecule has 0 spiro atoms. The normalized spacial score (nSPS) is 25.4. The lowest BCUT2D eigenvalue weighted by atomic mass is 9.74. The molecular weight excluding hydrogens is 230 g/mol. The van der Waals surface area contributed by atoms with Crippen LogP contribution in [0.15, 0.2) is 23.4 Å². The lowest BCUT2D eigenvalue weighted by molar-refractivity contribution is -0.141. The first-order valence-electron chi connectivity index (χ1n) is 4.76. The summed E-state index contributed by atoms with van der Waals surface area (Å²) in [6.07, 6.45) is 1.09. The average Bonchev–Trinajstić information content (AvgIpc) is 2.26. The molecule has 0 aromatic rings. The van der Waals surface area contributed by atoms with Gasteiger partial charge >= 0.3 is 0 Å². The minimum Gasteiger partial charge on any atom is -0.398 e. The van der Waals surface area contributed by atoms with Gasteiger partial charge in [-0.1, -0.05) is 17.7 Å². The van der Waals surface area contributed by atoms with Gasteiger partial charge in [0.2, 0.25) is 5.78 Å². The summed E-state index contributed by atoms with van der Waals surface area (Å²) in [5.41, 5.74) is 2.56. The van der Waals surface area contributed by atoms with Crippen molar-refractivity contribution in [3.63, 3.8) is 0 Å². The predicted molar refractivity (Wildman–Crippen MR) is 60.6 cm³/mol. The molecule has 0 amide bonds. The second-order valence-electron chi connectivity index (χ2n) is 4.44. The Morgan fingerprint density at radius 3 is 2.56 bits per heavy atom. The molecule has 4 nitrogen and oxygen atoms in total. The van der Waals surface area contributed by atoms with Gasteiger partial charge in [-0.05, 0) is 13.8 Å². The van der Waals surface area contributed by atoms with Crippen molar-refractivity contribution in [2.24, 2.45) is 11.1 Å². The zero-order chi connectivity index (χ0) is 12.7. The number of hydrogen-bond donors (Lipinski definition) is 2. The molecule has 0 bridgehead atoms. The third-order valence-electron chi connectivity index (χ3n) is 2.90. The van der Waals surface area contributed by atoms with Crippen LogP contribution in [-0.2, 0) is 9.59 Å². The molecule has 88 valence electrons. The molecule has 0 saturated heterocycles. The van der Waals surface area contributed by atoms with Crippen molar-refractivity contribution in [2.45, 2.75) is 25.9 Å². The number of aliphatic hydroxyl groups is 1. The first-order chi connectivity index (χ1) is 7.16. The van der Waals surface area contributed by atoms with Crippen molar-refractivity contribution in [1.29, 1.82) is 0 Å². The quantitative estimate of drug-likeness (QED) is 0.719. The number of hydrogen-bond acceptors (Lipinski definition) is 4. The van der Waals surface area contributed by atoms with E-state index in [0.29, 0.717) is 0 Å². The molecule has 0 saturated carbocycles. The molecule has 16 heavy (non-hydrogen) atoms. The van der Waals surface area contributed by atoms with Crippen LogP contribution in [0.3, 0.4) is 0 Å². The summed E-state index contributed by atoms with van der Waals surface area (Å²) in [5.74, 6) is -1.01. The Morgan fingerprint density at radius 2 is 2.19 bits per heavy atom. The van der Waals surface area contributed by atoms with Crippen LogP contribution in [0.5, 0.6) is 0 Å². The third kappa shape index (κ3) is 1.68. The molecule has 5 heteroatoms. The minimum atomic E-state index is -1.92. The van der Waals surface area contributed by atoms with Gasteiger partial charge in [0.1, 0.15) is 10.8 Å².